The third-order valence-corrected chi connectivity index (χ3v) is 6.62. The molecule has 2 heterocycles. The summed E-state index contributed by atoms with van der Waals surface area (Å²) >= 11 is 6.00. The Morgan fingerprint density at radius 2 is 1.76 bits per heavy atom. The molecular formula is C29H23ClN2O. The van der Waals surface area contributed by atoms with Crippen LogP contribution >= 0.6 is 11.6 Å². The van der Waals surface area contributed by atoms with E-state index in [4.69, 9.17) is 21.3 Å². The highest BCUT2D eigenvalue weighted by Gasteiger charge is 2.20. The highest BCUT2D eigenvalue weighted by atomic mass is 35.5. The summed E-state index contributed by atoms with van der Waals surface area (Å²) in [6, 6.07) is 29.0. The minimum Gasteiger partial charge on any atom is -0.489 e. The van der Waals surface area contributed by atoms with E-state index in [0.29, 0.717) is 6.61 Å². The van der Waals surface area contributed by atoms with Gasteiger partial charge in [0.25, 0.3) is 0 Å². The smallest absolute Gasteiger partial charge is 0.120 e. The second kappa shape index (κ2) is 8.51. The Morgan fingerprint density at radius 1 is 0.879 bits per heavy atom. The summed E-state index contributed by atoms with van der Waals surface area (Å²) in [7, 11) is 0. The zero-order valence-corrected chi connectivity index (χ0v) is 18.9. The average Bonchev–Trinajstić information content (AvgIpc) is 2.88. The first-order chi connectivity index (χ1) is 16.3. The van der Waals surface area contributed by atoms with Gasteiger partial charge in [-0.2, -0.15) is 0 Å². The van der Waals surface area contributed by atoms with Gasteiger partial charge in [-0.3, -0.25) is 0 Å². The van der Waals surface area contributed by atoms with E-state index >= 15 is 0 Å². The molecule has 33 heavy (non-hydrogen) atoms. The van der Waals surface area contributed by atoms with Gasteiger partial charge in [-0.25, -0.2) is 4.98 Å². The summed E-state index contributed by atoms with van der Waals surface area (Å²) < 4.78 is 6.10. The van der Waals surface area contributed by atoms with Crippen molar-refractivity contribution in [3.05, 3.63) is 107 Å². The number of nitrogens with one attached hydrogen (secondary N) is 1. The van der Waals surface area contributed by atoms with Crippen LogP contribution in [-0.4, -0.2) is 11.5 Å². The average molecular weight is 451 g/mol. The third-order valence-electron chi connectivity index (χ3n) is 6.37. The quantitative estimate of drug-likeness (QED) is 0.301. The van der Waals surface area contributed by atoms with Crippen LogP contribution in [0.25, 0.3) is 32.9 Å². The van der Waals surface area contributed by atoms with Gasteiger partial charge in [0.05, 0.1) is 11.2 Å². The predicted octanol–water partition coefficient (Wildman–Crippen LogP) is 6.93. The Labute approximate surface area is 198 Å². The molecule has 1 aliphatic rings. The number of nitrogens with zero attached hydrogens (tertiary/aromatic N) is 1. The molecule has 0 fully saturated rings. The summed E-state index contributed by atoms with van der Waals surface area (Å²) in [5.74, 6) is 0.834. The van der Waals surface area contributed by atoms with Gasteiger partial charge in [0.15, 0.2) is 0 Å². The molecule has 0 saturated carbocycles. The number of halogens is 1. The van der Waals surface area contributed by atoms with Crippen molar-refractivity contribution in [3.8, 4) is 17.0 Å². The number of fused-ring (bicyclic) bond motifs is 5. The van der Waals surface area contributed by atoms with Gasteiger partial charge < -0.3 is 10.1 Å². The molecule has 3 nitrogen and oxygen atoms in total. The lowest BCUT2D eigenvalue weighted by atomic mass is 9.90. The van der Waals surface area contributed by atoms with Crippen LogP contribution in [0.4, 0.5) is 0 Å². The molecule has 0 atom stereocenters. The van der Waals surface area contributed by atoms with E-state index in [2.05, 4.69) is 53.8 Å². The number of ether oxygens (including phenoxy) is 1. The fourth-order valence-electron chi connectivity index (χ4n) is 4.76. The van der Waals surface area contributed by atoms with Gasteiger partial charge in [-0.05, 0) is 70.8 Å². The van der Waals surface area contributed by atoms with E-state index in [1.54, 1.807) is 0 Å². The Hall–Kier alpha value is -3.40. The maximum atomic E-state index is 6.10. The molecule has 1 aliphatic heterocycles. The zero-order valence-electron chi connectivity index (χ0n) is 18.1. The molecule has 1 aromatic heterocycles. The fourth-order valence-corrected chi connectivity index (χ4v) is 4.89. The molecule has 4 aromatic carbocycles. The largest absolute Gasteiger partial charge is 0.489 e. The van der Waals surface area contributed by atoms with Crippen LogP contribution in [0.3, 0.4) is 0 Å². The summed E-state index contributed by atoms with van der Waals surface area (Å²) in [5, 5.41) is 8.12. The lowest BCUT2D eigenvalue weighted by Gasteiger charge is -2.23. The molecule has 6 rings (SSSR count). The van der Waals surface area contributed by atoms with Crippen LogP contribution in [0.15, 0.2) is 84.9 Å². The zero-order chi connectivity index (χ0) is 22.2. The minimum absolute atomic E-state index is 0.497. The van der Waals surface area contributed by atoms with E-state index < -0.39 is 0 Å². The number of benzene rings is 4. The molecule has 5 aromatic rings. The standard InChI is InChI=1S/C29H23ClN2O/c30-22-11-8-19(9-12-22)18-33-23-6-3-5-21(16-23)29-26-17-31-15-14-25(26)28-24-7-2-1-4-20(24)10-13-27(28)32-29/h1-13,16,31H,14-15,17-18H2. The van der Waals surface area contributed by atoms with Crippen LogP contribution < -0.4 is 10.1 Å². The summed E-state index contributed by atoms with van der Waals surface area (Å²) in [6.45, 7) is 2.31. The highest BCUT2D eigenvalue weighted by Crippen LogP contribution is 2.36. The molecule has 4 heteroatoms. The number of aromatic nitrogens is 1. The van der Waals surface area contributed by atoms with Crippen molar-refractivity contribution < 1.29 is 4.74 Å². The number of pyridine rings is 1. The SMILES string of the molecule is Clc1ccc(COc2cccc(-c3nc4ccc5ccccc5c4c4c3CNCC4)c2)cc1. The normalized spacial score (nSPS) is 13.2. The molecular weight excluding hydrogens is 428 g/mol. The molecule has 0 bridgehead atoms. The van der Waals surface area contributed by atoms with Gasteiger partial charge in [-0.1, -0.05) is 66.2 Å². The van der Waals surface area contributed by atoms with Crippen molar-refractivity contribution in [2.24, 2.45) is 0 Å². The van der Waals surface area contributed by atoms with E-state index in [-0.39, 0.29) is 0 Å². The van der Waals surface area contributed by atoms with E-state index in [1.807, 2.05) is 36.4 Å². The third kappa shape index (κ3) is 3.84. The van der Waals surface area contributed by atoms with Crippen molar-refractivity contribution in [3.63, 3.8) is 0 Å². The lowest BCUT2D eigenvalue weighted by molar-refractivity contribution is 0.306. The molecule has 0 unspecified atom stereocenters. The molecule has 0 spiro atoms. The molecule has 1 N–H and O–H groups in total. The first kappa shape index (κ1) is 20.2. The highest BCUT2D eigenvalue weighted by molar-refractivity contribution is 6.30. The molecule has 0 radical (unpaired) electrons. The van der Waals surface area contributed by atoms with Gasteiger partial charge in [0.2, 0.25) is 0 Å². The van der Waals surface area contributed by atoms with Crippen molar-refractivity contribution in [2.75, 3.05) is 6.54 Å². The molecule has 0 saturated heterocycles. The molecule has 0 amide bonds. The summed E-state index contributed by atoms with van der Waals surface area (Å²) in [5.41, 5.74) is 6.97. The van der Waals surface area contributed by atoms with Crippen LogP contribution in [-0.2, 0) is 19.6 Å². The number of hydrogen-bond acceptors (Lipinski definition) is 3. The Kier molecular flexibility index (Phi) is 5.21. The Balaban J connectivity index is 1.43. The van der Waals surface area contributed by atoms with Crippen molar-refractivity contribution >= 4 is 33.3 Å². The second-order valence-electron chi connectivity index (χ2n) is 8.47. The Bertz CT molecular complexity index is 1480. The summed E-state index contributed by atoms with van der Waals surface area (Å²) in [4.78, 5) is 5.17. The maximum Gasteiger partial charge on any atom is 0.120 e. The van der Waals surface area contributed by atoms with Crippen LogP contribution in [0.2, 0.25) is 5.02 Å². The second-order valence-corrected chi connectivity index (χ2v) is 8.90. The first-order valence-corrected chi connectivity index (χ1v) is 11.7. The van der Waals surface area contributed by atoms with Crippen LogP contribution in [0.1, 0.15) is 16.7 Å². The molecule has 0 aliphatic carbocycles. The van der Waals surface area contributed by atoms with Gasteiger partial charge in [0, 0.05) is 22.5 Å². The van der Waals surface area contributed by atoms with E-state index in [1.165, 1.54) is 27.3 Å². The van der Waals surface area contributed by atoms with Gasteiger partial charge >= 0.3 is 0 Å². The monoisotopic (exact) mass is 450 g/mol. The lowest BCUT2D eigenvalue weighted by Crippen LogP contribution is -2.25. The van der Waals surface area contributed by atoms with Crippen molar-refractivity contribution in [1.29, 1.82) is 0 Å². The number of hydrogen-bond donors (Lipinski definition) is 1. The van der Waals surface area contributed by atoms with Gasteiger partial charge in [-0.15, -0.1) is 0 Å². The van der Waals surface area contributed by atoms with Crippen LogP contribution in [0.5, 0.6) is 5.75 Å². The van der Waals surface area contributed by atoms with Crippen LogP contribution in [0, 0.1) is 0 Å². The predicted molar refractivity (Wildman–Crippen MR) is 136 cm³/mol. The van der Waals surface area contributed by atoms with E-state index in [9.17, 15) is 0 Å². The minimum atomic E-state index is 0.497. The van der Waals surface area contributed by atoms with Crippen molar-refractivity contribution in [1.82, 2.24) is 10.3 Å². The summed E-state index contributed by atoms with van der Waals surface area (Å²) in [6.07, 6.45) is 1.00. The Morgan fingerprint density at radius 3 is 2.67 bits per heavy atom. The molecule has 162 valence electrons. The fraction of sp³-hybridized carbons (Fsp3) is 0.138. The van der Waals surface area contributed by atoms with E-state index in [0.717, 1.165) is 52.6 Å². The first-order valence-electron chi connectivity index (χ1n) is 11.3. The van der Waals surface area contributed by atoms with Crippen molar-refractivity contribution in [2.45, 2.75) is 19.6 Å². The van der Waals surface area contributed by atoms with Gasteiger partial charge in [0.1, 0.15) is 12.4 Å². The number of rotatable bonds is 4. The maximum absolute atomic E-state index is 6.10. The topological polar surface area (TPSA) is 34.1 Å².